The lowest BCUT2D eigenvalue weighted by molar-refractivity contribution is 0.0551. The van der Waals surface area contributed by atoms with Gasteiger partial charge in [-0.3, -0.25) is 9.69 Å². The van der Waals surface area contributed by atoms with Crippen LogP contribution in [0.15, 0.2) is 30.3 Å². The van der Waals surface area contributed by atoms with Crippen LogP contribution in [0.4, 0.5) is 0 Å². The van der Waals surface area contributed by atoms with Gasteiger partial charge in [0.25, 0.3) is 5.91 Å². The maximum absolute atomic E-state index is 12.2. The third kappa shape index (κ3) is 3.37. The fourth-order valence-electron chi connectivity index (χ4n) is 3.31. The van der Waals surface area contributed by atoms with Gasteiger partial charge in [0.15, 0.2) is 11.5 Å². The molecular formula is C19H22N2O3S. The van der Waals surface area contributed by atoms with Crippen molar-refractivity contribution < 1.29 is 14.3 Å². The molecule has 4 rings (SSSR count). The van der Waals surface area contributed by atoms with E-state index in [0.717, 1.165) is 42.4 Å². The Balaban J connectivity index is 1.41. The van der Waals surface area contributed by atoms with E-state index in [1.807, 2.05) is 24.3 Å². The Labute approximate surface area is 151 Å². The van der Waals surface area contributed by atoms with E-state index in [9.17, 15) is 4.79 Å². The first-order valence-electron chi connectivity index (χ1n) is 8.54. The summed E-state index contributed by atoms with van der Waals surface area (Å²) >= 11 is 1.64. The minimum Gasteiger partial charge on any atom is -0.486 e. The van der Waals surface area contributed by atoms with Crippen LogP contribution < -0.4 is 9.47 Å². The Bertz CT molecular complexity index is 787. The second-order valence-electron chi connectivity index (χ2n) is 6.74. The van der Waals surface area contributed by atoms with Gasteiger partial charge >= 0.3 is 0 Å². The lowest BCUT2D eigenvalue weighted by Crippen LogP contribution is -2.42. The van der Waals surface area contributed by atoms with E-state index in [0.29, 0.717) is 6.61 Å². The highest BCUT2D eigenvalue weighted by Gasteiger charge is 2.27. The van der Waals surface area contributed by atoms with Gasteiger partial charge < -0.3 is 14.4 Å². The number of nitrogens with zero attached hydrogens (tertiary/aromatic N) is 2. The molecule has 5 nitrogen and oxygen atoms in total. The van der Waals surface area contributed by atoms with Crippen LogP contribution in [0.3, 0.4) is 0 Å². The topological polar surface area (TPSA) is 42.0 Å². The number of carbonyl (C=O) groups is 1. The molecule has 1 aromatic carbocycles. The molecule has 2 aliphatic rings. The molecule has 0 bridgehead atoms. The molecule has 0 radical (unpaired) electrons. The predicted octanol–water partition coefficient (Wildman–Crippen LogP) is 2.65. The number of rotatable bonds is 3. The van der Waals surface area contributed by atoms with Crippen molar-refractivity contribution in [1.82, 2.24) is 9.80 Å². The summed E-state index contributed by atoms with van der Waals surface area (Å²) in [6.07, 6.45) is 1.03. The summed E-state index contributed by atoms with van der Waals surface area (Å²) in [6.45, 7) is 3.27. The molecule has 1 atom stereocenters. The maximum Gasteiger partial charge on any atom is 0.263 e. The number of thiophene rings is 1. The van der Waals surface area contributed by atoms with Crippen LogP contribution in [0.25, 0.3) is 0 Å². The van der Waals surface area contributed by atoms with Gasteiger partial charge in [-0.05, 0) is 30.2 Å². The van der Waals surface area contributed by atoms with Crippen LogP contribution in [-0.2, 0) is 13.0 Å². The smallest absolute Gasteiger partial charge is 0.263 e. The minimum atomic E-state index is 0.0398. The molecule has 0 aliphatic carbocycles. The number of amides is 1. The third-order valence-corrected chi connectivity index (χ3v) is 5.82. The van der Waals surface area contributed by atoms with Crippen LogP contribution in [0.5, 0.6) is 11.5 Å². The molecule has 3 heterocycles. The van der Waals surface area contributed by atoms with Crippen LogP contribution in [0.2, 0.25) is 0 Å². The van der Waals surface area contributed by atoms with Crippen LogP contribution in [0, 0.1) is 0 Å². The van der Waals surface area contributed by atoms with Crippen LogP contribution >= 0.6 is 11.3 Å². The molecule has 6 heteroatoms. The highest BCUT2D eigenvalue weighted by molar-refractivity contribution is 7.14. The van der Waals surface area contributed by atoms with Gasteiger partial charge in [-0.1, -0.05) is 12.1 Å². The van der Waals surface area contributed by atoms with Crippen molar-refractivity contribution in [1.29, 1.82) is 0 Å². The highest BCUT2D eigenvalue weighted by Crippen LogP contribution is 2.32. The fourth-order valence-corrected chi connectivity index (χ4v) is 4.50. The molecule has 132 valence electrons. The minimum absolute atomic E-state index is 0.0398. The number of fused-ring (bicyclic) bond motifs is 2. The summed E-state index contributed by atoms with van der Waals surface area (Å²) in [4.78, 5) is 18.4. The average molecular weight is 358 g/mol. The van der Waals surface area contributed by atoms with Crippen molar-refractivity contribution in [2.45, 2.75) is 19.1 Å². The molecule has 0 saturated carbocycles. The Hall–Kier alpha value is -2.05. The van der Waals surface area contributed by atoms with E-state index in [4.69, 9.17) is 9.47 Å². The number of hydrogen-bond donors (Lipinski definition) is 0. The molecule has 0 fully saturated rings. The van der Waals surface area contributed by atoms with Gasteiger partial charge in [-0.15, -0.1) is 11.3 Å². The predicted molar refractivity (Wildman–Crippen MR) is 97.7 cm³/mol. The lowest BCUT2D eigenvalue weighted by atomic mass is 10.1. The van der Waals surface area contributed by atoms with Gasteiger partial charge in [-0.25, -0.2) is 0 Å². The van der Waals surface area contributed by atoms with E-state index in [-0.39, 0.29) is 12.0 Å². The first-order valence-corrected chi connectivity index (χ1v) is 9.36. The Morgan fingerprint density at radius 2 is 2.12 bits per heavy atom. The standard InChI is InChI=1S/C19H22N2O3S/c1-20(2)19(22)18-9-13-10-21(8-7-17(13)25-18)11-14-12-23-15-5-3-4-6-16(15)24-14/h3-6,9,14H,7-8,10-12H2,1-2H3. The Kier molecular flexibility index (Phi) is 4.39. The number of para-hydroxylation sites is 2. The number of hydrogen-bond acceptors (Lipinski definition) is 5. The van der Waals surface area contributed by atoms with Gasteiger partial charge in [0.1, 0.15) is 12.7 Å². The summed E-state index contributed by atoms with van der Waals surface area (Å²) in [5, 5.41) is 0. The normalized spacial score (nSPS) is 19.4. The SMILES string of the molecule is CN(C)C(=O)c1cc2c(s1)CCN(CC1COc3ccccc3O1)C2. The van der Waals surface area contributed by atoms with Crippen molar-refractivity contribution >= 4 is 17.2 Å². The van der Waals surface area contributed by atoms with Crippen molar-refractivity contribution in [2.24, 2.45) is 0 Å². The molecule has 25 heavy (non-hydrogen) atoms. The molecule has 1 unspecified atom stereocenters. The number of benzene rings is 1. The monoisotopic (exact) mass is 358 g/mol. The third-order valence-electron chi connectivity index (χ3n) is 4.59. The van der Waals surface area contributed by atoms with Crippen LogP contribution in [0.1, 0.15) is 20.1 Å². The number of ether oxygens (including phenoxy) is 2. The molecule has 2 aliphatic heterocycles. The van der Waals surface area contributed by atoms with Gasteiger partial charge in [0.05, 0.1) is 4.88 Å². The maximum atomic E-state index is 12.2. The van der Waals surface area contributed by atoms with E-state index < -0.39 is 0 Å². The van der Waals surface area contributed by atoms with Crippen molar-refractivity contribution in [2.75, 3.05) is 33.8 Å². The van der Waals surface area contributed by atoms with Gasteiger partial charge in [0, 0.05) is 38.6 Å². The zero-order valence-electron chi connectivity index (χ0n) is 14.5. The Morgan fingerprint density at radius 1 is 1.32 bits per heavy atom. The molecular weight excluding hydrogens is 336 g/mol. The molecule has 1 amide bonds. The average Bonchev–Trinajstić information content (AvgIpc) is 3.04. The van der Waals surface area contributed by atoms with E-state index in [1.165, 1.54) is 10.4 Å². The molecule has 0 saturated heterocycles. The Morgan fingerprint density at radius 3 is 2.92 bits per heavy atom. The first kappa shape index (κ1) is 16.4. The van der Waals surface area contributed by atoms with E-state index in [1.54, 1.807) is 30.3 Å². The molecule has 2 aromatic rings. The lowest BCUT2D eigenvalue weighted by Gasteiger charge is -2.33. The molecule has 0 spiro atoms. The second-order valence-corrected chi connectivity index (χ2v) is 7.88. The van der Waals surface area contributed by atoms with Gasteiger partial charge in [0.2, 0.25) is 0 Å². The van der Waals surface area contributed by atoms with Crippen molar-refractivity contribution in [3.8, 4) is 11.5 Å². The van der Waals surface area contributed by atoms with E-state index in [2.05, 4.69) is 11.0 Å². The highest BCUT2D eigenvalue weighted by atomic mass is 32.1. The van der Waals surface area contributed by atoms with Crippen LogP contribution in [-0.4, -0.2) is 55.6 Å². The van der Waals surface area contributed by atoms with Crippen molar-refractivity contribution in [3.05, 3.63) is 45.6 Å². The summed E-state index contributed by atoms with van der Waals surface area (Å²) in [5.74, 6) is 1.74. The van der Waals surface area contributed by atoms with E-state index >= 15 is 0 Å². The zero-order valence-corrected chi connectivity index (χ0v) is 15.3. The zero-order chi connectivity index (χ0) is 17.4. The summed E-state index contributed by atoms with van der Waals surface area (Å²) in [5.41, 5.74) is 1.28. The first-order chi connectivity index (χ1) is 12.1. The van der Waals surface area contributed by atoms with Gasteiger partial charge in [-0.2, -0.15) is 0 Å². The quantitative estimate of drug-likeness (QED) is 0.846. The van der Waals surface area contributed by atoms with Crippen molar-refractivity contribution in [3.63, 3.8) is 0 Å². The second kappa shape index (κ2) is 6.69. The fraction of sp³-hybridized carbons (Fsp3) is 0.421. The molecule has 1 aromatic heterocycles. The summed E-state index contributed by atoms with van der Waals surface area (Å²) in [7, 11) is 3.59. The molecule has 0 N–H and O–H groups in total. The summed E-state index contributed by atoms with van der Waals surface area (Å²) < 4.78 is 11.9. The number of carbonyl (C=O) groups excluding carboxylic acids is 1. The largest absolute Gasteiger partial charge is 0.486 e. The summed E-state index contributed by atoms with van der Waals surface area (Å²) in [6, 6.07) is 9.87.